The monoisotopic (exact) mass is 332 g/mol. The molecule has 1 aromatic carbocycles. The van der Waals surface area contributed by atoms with Gasteiger partial charge in [-0.3, -0.25) is 0 Å². The van der Waals surface area contributed by atoms with Gasteiger partial charge in [-0.1, -0.05) is 6.42 Å². The van der Waals surface area contributed by atoms with Gasteiger partial charge in [0.25, 0.3) is 0 Å². The van der Waals surface area contributed by atoms with Crippen LogP contribution in [0.1, 0.15) is 42.0 Å². The summed E-state index contributed by atoms with van der Waals surface area (Å²) in [6.07, 6.45) is -9.42. The van der Waals surface area contributed by atoms with Crippen molar-refractivity contribution in [3.05, 3.63) is 34.6 Å². The molecule has 126 valence electrons. The van der Waals surface area contributed by atoms with Gasteiger partial charge in [0.15, 0.2) is 0 Å². The molecule has 0 heterocycles. The van der Waals surface area contributed by atoms with Gasteiger partial charge < -0.3 is 11.5 Å². The molecule has 2 nitrogen and oxygen atoms in total. The summed E-state index contributed by atoms with van der Waals surface area (Å²) in [4.78, 5) is 0. The van der Waals surface area contributed by atoms with Crippen LogP contribution in [0, 0.1) is 5.82 Å². The molecule has 0 aliphatic rings. The molecule has 4 N–H and O–H groups in total. The molecule has 22 heavy (non-hydrogen) atoms. The first-order valence-corrected chi connectivity index (χ1v) is 6.42. The number of rotatable bonds is 5. The Bertz CT molecular complexity index is 508. The lowest BCUT2D eigenvalue weighted by atomic mass is 9.94. The maximum atomic E-state index is 13.8. The Labute approximate surface area is 122 Å². The molecule has 1 rings (SSSR count). The van der Waals surface area contributed by atoms with E-state index in [1.807, 2.05) is 0 Å². The Hall–Kier alpha value is -1.35. The van der Waals surface area contributed by atoms with Crippen molar-refractivity contribution in [1.82, 2.24) is 0 Å². The lowest BCUT2D eigenvalue weighted by Crippen LogP contribution is -2.21. The van der Waals surface area contributed by atoms with Crippen LogP contribution in [0.2, 0.25) is 0 Å². The fraction of sp³-hybridized carbons (Fsp3) is 0.538. The Morgan fingerprint density at radius 3 is 2.00 bits per heavy atom. The molecule has 0 aliphatic carbocycles. The van der Waals surface area contributed by atoms with E-state index in [1.165, 1.54) is 0 Å². The molecule has 0 unspecified atom stereocenters. The molecule has 0 aliphatic heterocycles. The summed E-state index contributed by atoms with van der Waals surface area (Å²) in [6, 6.07) is -1.43. The first-order valence-electron chi connectivity index (χ1n) is 6.42. The van der Waals surface area contributed by atoms with Crippen molar-refractivity contribution >= 4 is 0 Å². The molecule has 0 saturated heterocycles. The van der Waals surface area contributed by atoms with Crippen molar-refractivity contribution in [3.63, 3.8) is 0 Å². The fourth-order valence-corrected chi connectivity index (χ4v) is 2.05. The average molecular weight is 332 g/mol. The van der Waals surface area contributed by atoms with Crippen molar-refractivity contribution in [2.75, 3.05) is 6.54 Å². The third kappa shape index (κ3) is 4.57. The Kier molecular flexibility index (Phi) is 5.80. The van der Waals surface area contributed by atoms with Crippen molar-refractivity contribution in [1.29, 1.82) is 0 Å². The van der Waals surface area contributed by atoms with Gasteiger partial charge in [0.05, 0.1) is 11.1 Å². The molecule has 0 amide bonds. The van der Waals surface area contributed by atoms with E-state index in [4.69, 9.17) is 11.5 Å². The second kappa shape index (κ2) is 6.82. The number of hydrogen-bond acceptors (Lipinski definition) is 2. The fourth-order valence-electron chi connectivity index (χ4n) is 2.05. The van der Waals surface area contributed by atoms with Gasteiger partial charge in [-0.15, -0.1) is 0 Å². The van der Waals surface area contributed by atoms with Crippen molar-refractivity contribution in [2.45, 2.75) is 37.7 Å². The lowest BCUT2D eigenvalue weighted by molar-refractivity contribution is -0.144. The highest BCUT2D eigenvalue weighted by atomic mass is 19.4. The Morgan fingerprint density at radius 1 is 0.955 bits per heavy atom. The van der Waals surface area contributed by atoms with Crippen LogP contribution < -0.4 is 11.5 Å². The summed E-state index contributed by atoms with van der Waals surface area (Å²) in [7, 11) is 0. The Balaban J connectivity index is 3.31. The van der Waals surface area contributed by atoms with Crippen LogP contribution in [-0.4, -0.2) is 6.54 Å². The summed E-state index contributed by atoms with van der Waals surface area (Å²) < 4.78 is 90.2. The van der Waals surface area contributed by atoms with Gasteiger partial charge in [0.1, 0.15) is 5.82 Å². The molecule has 0 radical (unpaired) electrons. The molecule has 0 fully saturated rings. The van der Waals surface area contributed by atoms with E-state index >= 15 is 0 Å². The summed E-state index contributed by atoms with van der Waals surface area (Å²) in [5, 5.41) is 0. The van der Waals surface area contributed by atoms with E-state index < -0.39 is 40.9 Å². The predicted octanol–water partition coefficient (Wildman–Crippen LogP) is 3.99. The largest absolute Gasteiger partial charge is 0.416 e. The zero-order valence-corrected chi connectivity index (χ0v) is 11.4. The quantitative estimate of drug-likeness (QED) is 0.633. The van der Waals surface area contributed by atoms with Crippen LogP contribution >= 0.6 is 0 Å². The standard InChI is InChI=1S/C13H15F7N2/c14-9-6-7(12(15,16)17)5-8(13(18,19)20)11(9)10(22)3-1-2-4-21/h5-6,10H,1-4,21-22H2/t10-/m0/s1. The predicted molar refractivity (Wildman–Crippen MR) is 66.2 cm³/mol. The van der Waals surface area contributed by atoms with Crippen LogP contribution in [0.4, 0.5) is 30.7 Å². The highest BCUT2D eigenvalue weighted by Gasteiger charge is 2.40. The Morgan fingerprint density at radius 2 is 1.55 bits per heavy atom. The molecular formula is C13H15F7N2. The number of halogens is 7. The molecule has 0 bridgehead atoms. The maximum absolute atomic E-state index is 13.8. The van der Waals surface area contributed by atoms with Crippen molar-refractivity contribution in [2.24, 2.45) is 11.5 Å². The van der Waals surface area contributed by atoms with E-state index in [-0.39, 0.29) is 25.1 Å². The van der Waals surface area contributed by atoms with Gasteiger partial charge in [0.2, 0.25) is 0 Å². The minimum atomic E-state index is -5.14. The second-order valence-electron chi connectivity index (χ2n) is 4.81. The number of nitrogens with two attached hydrogens (primary N) is 2. The number of alkyl halides is 6. The number of hydrogen-bond donors (Lipinski definition) is 2. The zero-order valence-electron chi connectivity index (χ0n) is 11.4. The van der Waals surface area contributed by atoms with E-state index in [9.17, 15) is 30.7 Å². The summed E-state index contributed by atoms with van der Waals surface area (Å²) in [5.41, 5.74) is 6.42. The molecule has 1 atom stereocenters. The number of benzene rings is 1. The molecule has 0 saturated carbocycles. The molecule has 1 aromatic rings. The first kappa shape index (κ1) is 18.7. The van der Waals surface area contributed by atoms with Crippen LogP contribution in [-0.2, 0) is 12.4 Å². The average Bonchev–Trinajstić information content (AvgIpc) is 2.35. The van der Waals surface area contributed by atoms with Crippen molar-refractivity contribution < 1.29 is 30.7 Å². The highest BCUT2D eigenvalue weighted by Crippen LogP contribution is 2.40. The molecule has 9 heteroatoms. The van der Waals surface area contributed by atoms with Gasteiger partial charge in [0, 0.05) is 11.6 Å². The van der Waals surface area contributed by atoms with Crippen LogP contribution in [0.15, 0.2) is 12.1 Å². The summed E-state index contributed by atoms with van der Waals surface area (Å²) >= 11 is 0. The van der Waals surface area contributed by atoms with E-state index in [0.717, 1.165) is 0 Å². The number of unbranched alkanes of at least 4 members (excludes halogenated alkanes) is 1. The SMILES string of the molecule is NCCCC[C@H](N)c1c(F)cc(C(F)(F)F)cc1C(F)(F)F. The van der Waals surface area contributed by atoms with Gasteiger partial charge in [-0.2, -0.15) is 26.3 Å². The van der Waals surface area contributed by atoms with Crippen LogP contribution in [0.25, 0.3) is 0 Å². The third-order valence-corrected chi connectivity index (χ3v) is 3.10. The highest BCUT2D eigenvalue weighted by molar-refractivity contribution is 5.38. The second-order valence-corrected chi connectivity index (χ2v) is 4.81. The molecular weight excluding hydrogens is 317 g/mol. The van der Waals surface area contributed by atoms with Crippen LogP contribution in [0.3, 0.4) is 0 Å². The minimum Gasteiger partial charge on any atom is -0.330 e. The third-order valence-electron chi connectivity index (χ3n) is 3.10. The topological polar surface area (TPSA) is 52.0 Å². The smallest absolute Gasteiger partial charge is 0.330 e. The summed E-state index contributed by atoms with van der Waals surface area (Å²) in [6.45, 7) is 0.286. The van der Waals surface area contributed by atoms with Gasteiger partial charge in [-0.05, 0) is 31.5 Å². The maximum Gasteiger partial charge on any atom is 0.416 e. The molecule has 0 spiro atoms. The normalized spacial score (nSPS) is 14.2. The van der Waals surface area contributed by atoms with E-state index in [0.29, 0.717) is 12.8 Å². The van der Waals surface area contributed by atoms with Crippen molar-refractivity contribution in [3.8, 4) is 0 Å². The van der Waals surface area contributed by atoms with E-state index in [2.05, 4.69) is 0 Å². The minimum absolute atomic E-state index is 0.0113. The summed E-state index contributed by atoms with van der Waals surface area (Å²) in [5.74, 6) is -1.61. The van der Waals surface area contributed by atoms with E-state index in [1.54, 1.807) is 0 Å². The molecule has 0 aromatic heterocycles. The lowest BCUT2D eigenvalue weighted by Gasteiger charge is -2.21. The van der Waals surface area contributed by atoms with Gasteiger partial charge >= 0.3 is 12.4 Å². The van der Waals surface area contributed by atoms with Gasteiger partial charge in [-0.25, -0.2) is 4.39 Å². The zero-order chi connectivity index (χ0) is 17.1. The van der Waals surface area contributed by atoms with Crippen LogP contribution in [0.5, 0.6) is 0 Å². The first-order chi connectivity index (χ1) is 9.98.